The molecule has 2 aromatic carbocycles. The number of halogens is 1. The number of ketones is 1. The van der Waals surface area contributed by atoms with E-state index in [1.54, 1.807) is 6.07 Å². The van der Waals surface area contributed by atoms with E-state index >= 15 is 0 Å². The molecular weight excluding hydrogens is 430 g/mol. The van der Waals surface area contributed by atoms with Crippen LogP contribution in [0.3, 0.4) is 0 Å². The summed E-state index contributed by atoms with van der Waals surface area (Å²) >= 11 is 6.55. The zero-order valence-electron chi connectivity index (χ0n) is 17.9. The molecule has 0 unspecified atom stereocenters. The van der Waals surface area contributed by atoms with Crippen LogP contribution in [0.25, 0.3) is 11.3 Å². The molecule has 0 fully saturated rings. The van der Waals surface area contributed by atoms with Crippen LogP contribution in [0.4, 0.5) is 0 Å². The van der Waals surface area contributed by atoms with Gasteiger partial charge in [-0.25, -0.2) is 4.98 Å². The number of methoxy groups -OCH3 is 2. The van der Waals surface area contributed by atoms with Gasteiger partial charge in [0.1, 0.15) is 22.1 Å². The molecule has 3 atom stereocenters. The van der Waals surface area contributed by atoms with Crippen LogP contribution in [0.15, 0.2) is 48.5 Å². The lowest BCUT2D eigenvalue weighted by molar-refractivity contribution is -0.00598. The number of carbonyl (C=O) groups excluding carboxylic acids is 1. The first kappa shape index (κ1) is 20.8. The highest BCUT2D eigenvalue weighted by Crippen LogP contribution is 2.57. The Morgan fingerprint density at radius 3 is 2.53 bits per heavy atom. The van der Waals surface area contributed by atoms with Crippen LogP contribution in [0.5, 0.6) is 17.2 Å². The Labute approximate surface area is 190 Å². The molecule has 2 heterocycles. The first-order valence-electron chi connectivity index (χ1n) is 10.4. The summed E-state index contributed by atoms with van der Waals surface area (Å²) < 4.78 is 17.3. The first-order chi connectivity index (χ1) is 15.4. The van der Waals surface area contributed by atoms with E-state index < -0.39 is 11.7 Å². The number of rotatable bonds is 3. The van der Waals surface area contributed by atoms with Crippen molar-refractivity contribution in [1.29, 1.82) is 0 Å². The number of aliphatic hydroxyl groups is 1. The largest absolute Gasteiger partial charge is 0.496 e. The third-order valence-electron chi connectivity index (χ3n) is 6.40. The molecule has 0 amide bonds. The molecule has 1 aliphatic carbocycles. The van der Waals surface area contributed by atoms with Gasteiger partial charge in [-0.15, -0.1) is 0 Å². The molecule has 0 radical (unpaired) electrons. The van der Waals surface area contributed by atoms with E-state index in [0.29, 0.717) is 34.9 Å². The van der Waals surface area contributed by atoms with Gasteiger partial charge in [0.15, 0.2) is 5.75 Å². The zero-order chi connectivity index (χ0) is 22.6. The van der Waals surface area contributed by atoms with Gasteiger partial charge in [-0.2, -0.15) is 0 Å². The summed E-state index contributed by atoms with van der Waals surface area (Å²) in [6.07, 6.45) is -0.411. The Morgan fingerprint density at radius 1 is 1.12 bits per heavy atom. The van der Waals surface area contributed by atoms with E-state index in [0.717, 1.165) is 5.56 Å². The number of fused-ring (bicyclic) bond motifs is 3. The van der Waals surface area contributed by atoms with E-state index in [1.807, 2.05) is 49.4 Å². The second-order valence-electron chi connectivity index (χ2n) is 8.12. The lowest BCUT2D eigenvalue weighted by Crippen LogP contribution is -2.48. The first-order valence-corrected chi connectivity index (χ1v) is 10.7. The van der Waals surface area contributed by atoms with Gasteiger partial charge in [-0.05, 0) is 12.5 Å². The third kappa shape index (κ3) is 2.76. The van der Waals surface area contributed by atoms with E-state index in [2.05, 4.69) is 0 Å². The number of nitrogens with zero attached hydrogens (tertiary/aromatic N) is 1. The molecule has 3 aromatic rings. The van der Waals surface area contributed by atoms with Crippen molar-refractivity contribution in [2.24, 2.45) is 5.92 Å². The minimum atomic E-state index is -1.43. The van der Waals surface area contributed by atoms with Crippen LogP contribution in [0, 0.1) is 5.92 Å². The van der Waals surface area contributed by atoms with Crippen LogP contribution in [-0.2, 0) is 5.60 Å². The van der Waals surface area contributed by atoms with E-state index in [9.17, 15) is 9.90 Å². The van der Waals surface area contributed by atoms with E-state index in [4.69, 9.17) is 30.8 Å². The van der Waals surface area contributed by atoms with Crippen LogP contribution >= 0.6 is 11.6 Å². The predicted octanol–water partition coefficient (Wildman–Crippen LogP) is 4.96. The second kappa shape index (κ2) is 7.50. The van der Waals surface area contributed by atoms with Crippen molar-refractivity contribution in [3.8, 4) is 28.5 Å². The van der Waals surface area contributed by atoms with Gasteiger partial charge in [0.25, 0.3) is 0 Å². The Balaban J connectivity index is 1.76. The molecule has 6 nitrogen and oxygen atoms in total. The Morgan fingerprint density at radius 2 is 1.84 bits per heavy atom. The van der Waals surface area contributed by atoms with Crippen LogP contribution in [0.1, 0.15) is 41.1 Å². The summed E-state index contributed by atoms with van der Waals surface area (Å²) in [7, 11) is 2.97. The van der Waals surface area contributed by atoms with Gasteiger partial charge in [0.05, 0.1) is 31.7 Å². The summed E-state index contributed by atoms with van der Waals surface area (Å²) in [5.74, 6) is 0.237. The molecule has 1 N–H and O–H groups in total. The Bertz CT molecular complexity index is 1230. The third-order valence-corrected chi connectivity index (χ3v) is 6.75. The second-order valence-corrected chi connectivity index (χ2v) is 8.50. The Kier molecular flexibility index (Phi) is 4.87. The number of aliphatic hydroxyl groups excluding tert-OH is 1. The van der Waals surface area contributed by atoms with Crippen molar-refractivity contribution >= 4 is 17.4 Å². The maximum Gasteiger partial charge on any atom is 0.220 e. The van der Waals surface area contributed by atoms with Crippen molar-refractivity contribution < 1.29 is 24.1 Å². The normalized spacial score (nSPS) is 23.5. The molecule has 1 aromatic heterocycles. The monoisotopic (exact) mass is 451 g/mol. The summed E-state index contributed by atoms with van der Waals surface area (Å²) in [5.41, 5.74) is 1.41. The van der Waals surface area contributed by atoms with Crippen molar-refractivity contribution in [2.45, 2.75) is 25.0 Å². The van der Waals surface area contributed by atoms with Crippen molar-refractivity contribution in [3.63, 3.8) is 0 Å². The van der Waals surface area contributed by atoms with Gasteiger partial charge in [0, 0.05) is 23.1 Å². The number of hydrogen-bond acceptors (Lipinski definition) is 6. The lowest BCUT2D eigenvalue weighted by atomic mass is 9.71. The van der Waals surface area contributed by atoms with Crippen molar-refractivity contribution in [1.82, 2.24) is 4.98 Å². The smallest absolute Gasteiger partial charge is 0.220 e. The molecule has 2 aliphatic rings. The maximum absolute atomic E-state index is 14.0. The average molecular weight is 452 g/mol. The van der Waals surface area contributed by atoms with Crippen molar-refractivity contribution in [2.75, 3.05) is 14.2 Å². The highest BCUT2D eigenvalue weighted by molar-refractivity contribution is 6.35. The Hall–Kier alpha value is -3.09. The van der Waals surface area contributed by atoms with Crippen LogP contribution in [0.2, 0.25) is 5.02 Å². The minimum Gasteiger partial charge on any atom is -0.496 e. The number of hydrogen-bond donors (Lipinski definition) is 1. The summed E-state index contributed by atoms with van der Waals surface area (Å²) in [5, 5.41) is 11.0. The molecule has 0 bridgehead atoms. The predicted molar refractivity (Wildman–Crippen MR) is 120 cm³/mol. The van der Waals surface area contributed by atoms with E-state index in [1.165, 1.54) is 14.2 Å². The summed E-state index contributed by atoms with van der Waals surface area (Å²) in [4.78, 5) is 18.9. The molecule has 5 rings (SSSR count). The van der Waals surface area contributed by atoms with Crippen LogP contribution < -0.4 is 14.2 Å². The SMILES string of the molecule is COc1cc(OC)c2c(c1Cl)O[C@]1(C2=O)c2nc(-c3ccccc3)ccc2[C@H](O)C[C@H]1C. The molecule has 1 aliphatic heterocycles. The highest BCUT2D eigenvalue weighted by Gasteiger charge is 2.60. The highest BCUT2D eigenvalue weighted by atomic mass is 35.5. The standard InChI is InChI=1S/C25H22ClNO5/c1-13-11-17(28)15-9-10-16(14-7-5-4-6-8-14)27-23(15)25(13)24(29)20-18(30-2)12-19(31-3)21(26)22(20)32-25/h4-10,12-13,17,28H,11H2,1-3H3/t13-,17-,25+/m1/s1. The number of carbonyl (C=O) groups is 1. The molecule has 164 valence electrons. The van der Waals surface area contributed by atoms with E-state index in [-0.39, 0.29) is 28.0 Å². The van der Waals surface area contributed by atoms with Gasteiger partial charge in [-0.1, -0.05) is 54.9 Å². The molecule has 0 saturated heterocycles. The number of aromatic nitrogens is 1. The van der Waals surface area contributed by atoms with Gasteiger partial charge in [0.2, 0.25) is 11.4 Å². The lowest BCUT2D eigenvalue weighted by Gasteiger charge is -2.40. The molecule has 0 saturated carbocycles. The summed E-state index contributed by atoms with van der Waals surface area (Å²) in [6.45, 7) is 1.88. The fraction of sp³-hybridized carbons (Fsp3) is 0.280. The average Bonchev–Trinajstić information content (AvgIpc) is 3.13. The topological polar surface area (TPSA) is 77.9 Å². The maximum atomic E-state index is 14.0. The molecular formula is C25H22ClNO5. The zero-order valence-corrected chi connectivity index (χ0v) is 18.6. The quantitative estimate of drug-likeness (QED) is 0.606. The fourth-order valence-electron chi connectivity index (χ4n) is 4.75. The molecule has 32 heavy (non-hydrogen) atoms. The molecule has 1 spiro atoms. The number of Topliss-reactive ketones (excluding diaryl/α,β-unsaturated/α-hetero) is 1. The van der Waals surface area contributed by atoms with Crippen molar-refractivity contribution in [3.05, 3.63) is 70.4 Å². The number of ether oxygens (including phenoxy) is 3. The minimum absolute atomic E-state index is 0.201. The number of benzene rings is 2. The molecule has 7 heteroatoms. The number of pyridine rings is 1. The van der Waals surface area contributed by atoms with Gasteiger partial charge in [-0.3, -0.25) is 4.79 Å². The van der Waals surface area contributed by atoms with Gasteiger partial charge < -0.3 is 19.3 Å². The fourth-order valence-corrected chi connectivity index (χ4v) is 5.01. The van der Waals surface area contributed by atoms with Gasteiger partial charge >= 0.3 is 0 Å². The van der Waals surface area contributed by atoms with Crippen LogP contribution in [-0.4, -0.2) is 30.1 Å². The summed E-state index contributed by atoms with van der Waals surface area (Å²) in [6, 6.07) is 14.9.